The molecule has 0 radical (unpaired) electrons. The number of aromatic nitrogens is 2. The average molecular weight is 354 g/mol. The summed E-state index contributed by atoms with van der Waals surface area (Å²) in [5.74, 6) is 0.933. The highest BCUT2D eigenvalue weighted by Gasteiger charge is 2.07. The number of nitrogens with one attached hydrogen (secondary N) is 2. The third-order valence-electron chi connectivity index (χ3n) is 3.65. The molecule has 0 unspecified atom stereocenters. The predicted octanol–water partition coefficient (Wildman–Crippen LogP) is 3.75. The summed E-state index contributed by atoms with van der Waals surface area (Å²) in [7, 11) is 1.72. The van der Waals surface area contributed by atoms with Crippen molar-refractivity contribution in [1.29, 1.82) is 0 Å². The molecule has 23 heavy (non-hydrogen) atoms. The fourth-order valence-electron chi connectivity index (χ4n) is 2.55. The van der Waals surface area contributed by atoms with E-state index >= 15 is 0 Å². The Morgan fingerprint density at radius 1 is 1.13 bits per heavy atom. The van der Waals surface area contributed by atoms with Crippen molar-refractivity contribution < 1.29 is 4.74 Å². The maximum Gasteiger partial charge on any atom is 0.123 e. The van der Waals surface area contributed by atoms with E-state index in [0.29, 0.717) is 0 Å². The first-order valence-corrected chi connectivity index (χ1v) is 7.11. The number of H-pyrrole nitrogens is 1. The van der Waals surface area contributed by atoms with E-state index < -0.39 is 0 Å². The minimum absolute atomic E-state index is 0. The second-order valence-corrected chi connectivity index (χ2v) is 4.97. The smallest absolute Gasteiger partial charge is 0.123 e. The maximum absolute atomic E-state index is 5.50. The van der Waals surface area contributed by atoms with Gasteiger partial charge in [-0.05, 0) is 16.8 Å². The van der Waals surface area contributed by atoms with Crippen LogP contribution in [0.5, 0.6) is 5.75 Å². The maximum atomic E-state index is 5.50. The van der Waals surface area contributed by atoms with Gasteiger partial charge in [0.25, 0.3) is 0 Å². The summed E-state index contributed by atoms with van der Waals surface area (Å²) >= 11 is 0. The Balaban J connectivity index is 0.00000132. The minimum Gasteiger partial charge on any atom is -0.496 e. The summed E-state index contributed by atoms with van der Waals surface area (Å²) in [5, 5.41) is 5.96. The quantitative estimate of drug-likeness (QED) is 0.663. The van der Waals surface area contributed by atoms with Crippen molar-refractivity contribution in [2.75, 3.05) is 13.7 Å². The summed E-state index contributed by atoms with van der Waals surface area (Å²) < 4.78 is 5.50. The van der Waals surface area contributed by atoms with Gasteiger partial charge in [-0.3, -0.25) is 0 Å². The van der Waals surface area contributed by atoms with Crippen molar-refractivity contribution in [2.45, 2.75) is 13.0 Å². The molecule has 0 aliphatic carbocycles. The number of fused-ring (bicyclic) bond motifs is 1. The Kier molecular flexibility index (Phi) is 7.89. The normalized spacial score (nSPS) is 9.96. The van der Waals surface area contributed by atoms with Gasteiger partial charge in [0.2, 0.25) is 0 Å². The number of halogens is 2. The lowest BCUT2D eigenvalue weighted by molar-refractivity contribution is 0.409. The first-order valence-electron chi connectivity index (χ1n) is 7.11. The molecular formula is C17H21Cl2N3O. The Morgan fingerprint density at radius 2 is 1.96 bits per heavy atom. The SMILES string of the molecule is COc1ccc2ccccc2c1CNCCc1cnc[nH]1.Cl.Cl. The molecule has 124 valence electrons. The Bertz CT molecular complexity index is 717. The van der Waals surface area contributed by atoms with Gasteiger partial charge < -0.3 is 15.0 Å². The second kappa shape index (κ2) is 9.40. The molecule has 0 fully saturated rings. The summed E-state index contributed by atoms with van der Waals surface area (Å²) in [6, 6.07) is 12.5. The van der Waals surface area contributed by atoms with Gasteiger partial charge >= 0.3 is 0 Å². The minimum atomic E-state index is 0. The van der Waals surface area contributed by atoms with Crippen LogP contribution in [0.2, 0.25) is 0 Å². The predicted molar refractivity (Wildman–Crippen MR) is 99.0 cm³/mol. The third kappa shape index (κ3) is 4.61. The van der Waals surface area contributed by atoms with Crippen LogP contribution in [0.1, 0.15) is 11.3 Å². The van der Waals surface area contributed by atoms with E-state index in [2.05, 4.69) is 45.6 Å². The molecule has 2 aromatic carbocycles. The fraction of sp³-hybridized carbons (Fsp3) is 0.235. The highest BCUT2D eigenvalue weighted by atomic mass is 35.5. The van der Waals surface area contributed by atoms with E-state index in [9.17, 15) is 0 Å². The molecule has 0 saturated carbocycles. The zero-order valence-electron chi connectivity index (χ0n) is 12.9. The first kappa shape index (κ1) is 19.3. The van der Waals surface area contributed by atoms with Crippen molar-refractivity contribution in [1.82, 2.24) is 15.3 Å². The molecule has 0 amide bonds. The third-order valence-corrected chi connectivity index (χ3v) is 3.65. The molecule has 2 N–H and O–H groups in total. The Morgan fingerprint density at radius 3 is 2.70 bits per heavy atom. The fourth-order valence-corrected chi connectivity index (χ4v) is 2.55. The van der Waals surface area contributed by atoms with Crippen molar-refractivity contribution >= 4 is 35.6 Å². The van der Waals surface area contributed by atoms with E-state index in [4.69, 9.17) is 4.74 Å². The Labute approximate surface area is 148 Å². The number of ether oxygens (including phenoxy) is 1. The van der Waals surface area contributed by atoms with Gasteiger partial charge in [0.1, 0.15) is 5.75 Å². The Hall–Kier alpha value is -1.75. The van der Waals surface area contributed by atoms with Gasteiger partial charge in [0.05, 0.1) is 13.4 Å². The molecule has 0 saturated heterocycles. The number of hydrogen-bond donors (Lipinski definition) is 2. The molecule has 0 spiro atoms. The van der Waals surface area contributed by atoms with Crippen LogP contribution in [0.25, 0.3) is 10.8 Å². The second-order valence-electron chi connectivity index (χ2n) is 4.97. The largest absolute Gasteiger partial charge is 0.496 e. The van der Waals surface area contributed by atoms with Crippen LogP contribution in [0.4, 0.5) is 0 Å². The molecule has 0 atom stereocenters. The van der Waals surface area contributed by atoms with Crippen molar-refractivity contribution in [3.8, 4) is 5.75 Å². The van der Waals surface area contributed by atoms with E-state index in [0.717, 1.165) is 31.0 Å². The number of aromatic amines is 1. The summed E-state index contributed by atoms with van der Waals surface area (Å²) in [5.41, 5.74) is 2.35. The van der Waals surface area contributed by atoms with E-state index in [1.54, 1.807) is 13.4 Å². The van der Waals surface area contributed by atoms with Crippen LogP contribution >= 0.6 is 24.8 Å². The summed E-state index contributed by atoms with van der Waals surface area (Å²) in [6.45, 7) is 1.69. The molecule has 6 heteroatoms. The van der Waals surface area contributed by atoms with E-state index in [-0.39, 0.29) is 24.8 Å². The van der Waals surface area contributed by atoms with E-state index in [1.807, 2.05) is 12.3 Å². The van der Waals surface area contributed by atoms with Crippen LogP contribution in [0.3, 0.4) is 0 Å². The number of hydrogen-bond acceptors (Lipinski definition) is 3. The number of rotatable bonds is 6. The number of methoxy groups -OCH3 is 1. The van der Waals surface area contributed by atoms with Gasteiger partial charge in [0.15, 0.2) is 0 Å². The molecule has 1 aromatic heterocycles. The van der Waals surface area contributed by atoms with Crippen molar-refractivity contribution in [3.63, 3.8) is 0 Å². The van der Waals surface area contributed by atoms with Crippen LogP contribution in [-0.2, 0) is 13.0 Å². The van der Waals surface area contributed by atoms with Crippen LogP contribution in [-0.4, -0.2) is 23.6 Å². The lowest BCUT2D eigenvalue weighted by Crippen LogP contribution is -2.17. The van der Waals surface area contributed by atoms with Gasteiger partial charge in [-0.15, -0.1) is 24.8 Å². The summed E-state index contributed by atoms with van der Waals surface area (Å²) in [6.07, 6.45) is 4.51. The van der Waals surface area contributed by atoms with Crippen LogP contribution in [0, 0.1) is 0 Å². The number of nitrogens with zero attached hydrogens (tertiary/aromatic N) is 1. The molecule has 0 bridgehead atoms. The zero-order chi connectivity index (χ0) is 14.5. The summed E-state index contributed by atoms with van der Waals surface area (Å²) in [4.78, 5) is 7.14. The lowest BCUT2D eigenvalue weighted by Gasteiger charge is -2.13. The lowest BCUT2D eigenvalue weighted by atomic mass is 10.0. The molecule has 3 aromatic rings. The van der Waals surface area contributed by atoms with Crippen LogP contribution in [0.15, 0.2) is 48.9 Å². The van der Waals surface area contributed by atoms with Gasteiger partial charge in [-0.1, -0.05) is 30.3 Å². The molecule has 0 aliphatic rings. The monoisotopic (exact) mass is 353 g/mol. The van der Waals surface area contributed by atoms with Gasteiger partial charge in [-0.25, -0.2) is 4.98 Å². The zero-order valence-corrected chi connectivity index (χ0v) is 14.5. The molecule has 0 aliphatic heterocycles. The van der Waals surface area contributed by atoms with E-state index in [1.165, 1.54) is 16.3 Å². The number of imidazole rings is 1. The standard InChI is InChI=1S/C17H19N3O.2ClH/c1-21-17-7-6-13-4-2-3-5-15(13)16(17)11-18-9-8-14-10-19-12-20-14;;/h2-7,10,12,18H,8-9,11H2,1H3,(H,19,20);2*1H. The molecule has 4 nitrogen and oxygen atoms in total. The van der Waals surface area contributed by atoms with Crippen molar-refractivity contribution in [2.24, 2.45) is 0 Å². The molecule has 3 rings (SSSR count). The number of benzene rings is 2. The average Bonchev–Trinajstić information content (AvgIpc) is 3.04. The highest BCUT2D eigenvalue weighted by molar-refractivity contribution is 5.87. The van der Waals surface area contributed by atoms with Gasteiger partial charge in [-0.2, -0.15) is 0 Å². The first-order chi connectivity index (χ1) is 10.4. The van der Waals surface area contributed by atoms with Gasteiger partial charge in [0, 0.05) is 37.0 Å². The van der Waals surface area contributed by atoms with Crippen molar-refractivity contribution in [3.05, 3.63) is 60.2 Å². The molecular weight excluding hydrogens is 333 g/mol. The topological polar surface area (TPSA) is 49.9 Å². The highest BCUT2D eigenvalue weighted by Crippen LogP contribution is 2.27. The van der Waals surface area contributed by atoms with Crippen LogP contribution < -0.4 is 10.1 Å². The molecule has 1 heterocycles.